The van der Waals surface area contributed by atoms with E-state index in [1.165, 1.54) is 5.56 Å². The van der Waals surface area contributed by atoms with Crippen LogP contribution < -0.4 is 15.4 Å². The Morgan fingerprint density at radius 2 is 1.74 bits per heavy atom. The summed E-state index contributed by atoms with van der Waals surface area (Å²) >= 11 is 0. The van der Waals surface area contributed by atoms with Gasteiger partial charge in [0.1, 0.15) is 17.8 Å². The van der Waals surface area contributed by atoms with Crippen LogP contribution in [0, 0.1) is 0 Å². The van der Waals surface area contributed by atoms with E-state index >= 15 is 0 Å². The number of benzene rings is 2. The van der Waals surface area contributed by atoms with Gasteiger partial charge in [-0.25, -0.2) is 4.79 Å². The van der Waals surface area contributed by atoms with Crippen molar-refractivity contribution in [3.8, 4) is 5.75 Å². The van der Waals surface area contributed by atoms with Gasteiger partial charge in [-0.1, -0.05) is 36.4 Å². The molecule has 4 amide bonds. The summed E-state index contributed by atoms with van der Waals surface area (Å²) in [5.74, 6) is -0.202. The number of hydrogen-bond donors (Lipinski definition) is 2. The number of nitrogens with one attached hydrogen (secondary N) is 2. The maximum absolute atomic E-state index is 13.1. The van der Waals surface area contributed by atoms with E-state index in [-0.39, 0.29) is 6.54 Å². The van der Waals surface area contributed by atoms with Gasteiger partial charge in [-0.2, -0.15) is 0 Å². The number of methoxy groups -OCH3 is 1. The lowest BCUT2D eigenvalue weighted by molar-refractivity contribution is -0.134. The molecule has 1 atom stereocenters. The van der Waals surface area contributed by atoms with Crippen LogP contribution in [0.3, 0.4) is 0 Å². The SMILES string of the molecule is COc1ccc(C2(C)NC(=O)N(CC(=O)NCc3cccc(CN4CCN(C)CC4)c3)C2=O)cc1. The monoisotopic (exact) mass is 479 g/mol. The van der Waals surface area contributed by atoms with E-state index in [2.05, 4.69) is 39.6 Å². The molecule has 2 N–H and O–H groups in total. The van der Waals surface area contributed by atoms with Crippen LogP contribution >= 0.6 is 0 Å². The quantitative estimate of drug-likeness (QED) is 0.558. The van der Waals surface area contributed by atoms with Crippen LogP contribution in [0.4, 0.5) is 4.79 Å². The summed E-state index contributed by atoms with van der Waals surface area (Å²) in [6.45, 7) is 6.72. The molecule has 0 aliphatic carbocycles. The number of carbonyl (C=O) groups is 3. The van der Waals surface area contributed by atoms with E-state index in [0.717, 1.165) is 43.2 Å². The summed E-state index contributed by atoms with van der Waals surface area (Å²) in [4.78, 5) is 43.9. The molecule has 0 aromatic heterocycles. The van der Waals surface area contributed by atoms with Gasteiger partial charge >= 0.3 is 6.03 Å². The van der Waals surface area contributed by atoms with E-state index < -0.39 is 23.4 Å². The average molecular weight is 480 g/mol. The Kier molecular flexibility index (Phi) is 7.37. The van der Waals surface area contributed by atoms with Crippen molar-refractivity contribution in [2.24, 2.45) is 0 Å². The van der Waals surface area contributed by atoms with E-state index in [9.17, 15) is 14.4 Å². The first-order valence-corrected chi connectivity index (χ1v) is 11.8. The van der Waals surface area contributed by atoms with Gasteiger partial charge in [0.25, 0.3) is 5.91 Å². The van der Waals surface area contributed by atoms with Gasteiger partial charge in [-0.15, -0.1) is 0 Å². The molecule has 2 heterocycles. The van der Waals surface area contributed by atoms with Crippen molar-refractivity contribution in [1.82, 2.24) is 25.3 Å². The molecular weight excluding hydrogens is 446 g/mol. The standard InChI is InChI=1S/C26H33N5O4/c1-26(21-7-9-22(35-3)10-8-21)24(33)31(25(34)28-26)18-23(32)27-16-19-5-4-6-20(15-19)17-30-13-11-29(2)12-14-30/h4-10,15H,11-14,16-18H2,1-3H3,(H,27,32)(H,28,34). The average Bonchev–Trinajstić information content (AvgIpc) is 3.08. The zero-order valence-electron chi connectivity index (χ0n) is 20.5. The number of rotatable bonds is 8. The Morgan fingerprint density at radius 1 is 1.06 bits per heavy atom. The highest BCUT2D eigenvalue weighted by molar-refractivity contribution is 6.09. The van der Waals surface area contributed by atoms with Crippen molar-refractivity contribution in [1.29, 1.82) is 0 Å². The lowest BCUT2D eigenvalue weighted by atomic mass is 9.92. The minimum atomic E-state index is -1.23. The predicted octanol–water partition coefficient (Wildman–Crippen LogP) is 1.53. The molecule has 0 spiro atoms. The van der Waals surface area contributed by atoms with E-state index in [1.807, 2.05) is 12.1 Å². The minimum Gasteiger partial charge on any atom is -0.497 e. The second-order valence-electron chi connectivity index (χ2n) is 9.35. The maximum Gasteiger partial charge on any atom is 0.325 e. The van der Waals surface area contributed by atoms with Gasteiger partial charge in [0.05, 0.1) is 7.11 Å². The van der Waals surface area contributed by atoms with Crippen molar-refractivity contribution in [2.45, 2.75) is 25.6 Å². The van der Waals surface area contributed by atoms with Gasteiger partial charge in [-0.05, 0) is 42.8 Å². The minimum absolute atomic E-state index is 0.328. The van der Waals surface area contributed by atoms with Crippen molar-refractivity contribution < 1.29 is 19.1 Å². The largest absolute Gasteiger partial charge is 0.497 e. The maximum atomic E-state index is 13.1. The molecule has 2 saturated heterocycles. The van der Waals surface area contributed by atoms with Crippen molar-refractivity contribution >= 4 is 17.8 Å². The van der Waals surface area contributed by atoms with Gasteiger partial charge in [-0.3, -0.25) is 19.4 Å². The predicted molar refractivity (Wildman–Crippen MR) is 132 cm³/mol. The van der Waals surface area contributed by atoms with Crippen LogP contribution in [0.5, 0.6) is 5.75 Å². The lowest BCUT2D eigenvalue weighted by Crippen LogP contribution is -2.43. The zero-order chi connectivity index (χ0) is 25.0. The van der Waals surface area contributed by atoms with Crippen LogP contribution in [0.2, 0.25) is 0 Å². The molecule has 0 saturated carbocycles. The third-order valence-electron chi connectivity index (χ3n) is 6.73. The van der Waals surface area contributed by atoms with Gasteiger partial charge in [0, 0.05) is 39.3 Å². The second-order valence-corrected chi connectivity index (χ2v) is 9.35. The van der Waals surface area contributed by atoms with E-state index in [1.54, 1.807) is 38.3 Å². The first kappa shape index (κ1) is 24.7. The molecular formula is C26H33N5O4. The highest BCUT2D eigenvalue weighted by Crippen LogP contribution is 2.29. The molecule has 35 heavy (non-hydrogen) atoms. The Hall–Kier alpha value is -3.43. The van der Waals surface area contributed by atoms with E-state index in [4.69, 9.17) is 4.74 Å². The first-order chi connectivity index (χ1) is 16.8. The number of nitrogens with zero attached hydrogens (tertiary/aromatic N) is 3. The summed E-state index contributed by atoms with van der Waals surface area (Å²) in [5, 5.41) is 5.56. The van der Waals surface area contributed by atoms with E-state index in [0.29, 0.717) is 17.9 Å². The first-order valence-electron chi connectivity index (χ1n) is 11.8. The molecule has 0 radical (unpaired) electrons. The van der Waals surface area contributed by atoms with Gasteiger partial charge < -0.3 is 20.3 Å². The molecule has 2 aliphatic rings. The topological polar surface area (TPSA) is 94.2 Å². The molecule has 0 bridgehead atoms. The molecule has 9 nitrogen and oxygen atoms in total. The van der Waals surface area contributed by atoms with Crippen LogP contribution in [-0.4, -0.2) is 79.4 Å². The van der Waals surface area contributed by atoms with Gasteiger partial charge in [0.2, 0.25) is 5.91 Å². The third-order valence-corrected chi connectivity index (χ3v) is 6.73. The Balaban J connectivity index is 1.32. The highest BCUT2D eigenvalue weighted by atomic mass is 16.5. The summed E-state index contributed by atoms with van der Waals surface area (Å²) in [5.41, 5.74) is 1.56. The number of likely N-dealkylation sites (N-methyl/N-ethyl adjacent to an activating group) is 1. The Morgan fingerprint density at radius 3 is 2.43 bits per heavy atom. The molecule has 186 valence electrons. The van der Waals surface area contributed by atoms with Crippen molar-refractivity contribution in [3.63, 3.8) is 0 Å². The fourth-order valence-electron chi connectivity index (χ4n) is 4.46. The van der Waals surface area contributed by atoms with Crippen LogP contribution in [0.1, 0.15) is 23.6 Å². The smallest absolute Gasteiger partial charge is 0.325 e. The Bertz CT molecular complexity index is 1080. The summed E-state index contributed by atoms with van der Waals surface area (Å²) in [6, 6.07) is 14.5. The molecule has 1 unspecified atom stereocenters. The lowest BCUT2D eigenvalue weighted by Gasteiger charge is -2.32. The summed E-state index contributed by atoms with van der Waals surface area (Å²) < 4.78 is 5.16. The van der Waals surface area contributed by atoms with Crippen molar-refractivity contribution in [3.05, 3.63) is 65.2 Å². The fraction of sp³-hybridized carbons (Fsp3) is 0.423. The number of hydrogen-bond acceptors (Lipinski definition) is 6. The zero-order valence-corrected chi connectivity index (χ0v) is 20.5. The highest BCUT2D eigenvalue weighted by Gasteiger charge is 2.49. The van der Waals surface area contributed by atoms with Crippen LogP contribution in [0.15, 0.2) is 48.5 Å². The van der Waals surface area contributed by atoms with Crippen LogP contribution in [-0.2, 0) is 28.2 Å². The summed E-state index contributed by atoms with van der Waals surface area (Å²) in [6.07, 6.45) is 0. The normalized spacial score (nSPS) is 21.2. The molecule has 2 aliphatic heterocycles. The fourth-order valence-corrected chi connectivity index (χ4v) is 4.46. The number of carbonyl (C=O) groups excluding carboxylic acids is 3. The number of piperazine rings is 1. The number of imide groups is 1. The third kappa shape index (κ3) is 5.63. The second kappa shape index (κ2) is 10.5. The van der Waals surface area contributed by atoms with Crippen molar-refractivity contribution in [2.75, 3.05) is 46.9 Å². The molecule has 2 aromatic carbocycles. The number of urea groups is 1. The molecule has 2 aromatic rings. The van der Waals surface area contributed by atoms with Gasteiger partial charge in [0.15, 0.2) is 0 Å². The number of amides is 4. The molecule has 9 heteroatoms. The molecule has 4 rings (SSSR count). The van der Waals surface area contributed by atoms with Crippen LogP contribution in [0.25, 0.3) is 0 Å². The molecule has 2 fully saturated rings. The summed E-state index contributed by atoms with van der Waals surface area (Å²) in [7, 11) is 3.70. The Labute approximate surface area is 206 Å². The number of ether oxygens (including phenoxy) is 1.